The molecule has 1 amide bonds. The van der Waals surface area contributed by atoms with Crippen LogP contribution in [0.4, 0.5) is 5.69 Å². The molecule has 0 fully saturated rings. The molecule has 0 radical (unpaired) electrons. The molecule has 0 saturated carbocycles. The normalized spacial score (nSPS) is 10.9. The number of rotatable bonds is 7. The molecule has 3 aromatic rings. The summed E-state index contributed by atoms with van der Waals surface area (Å²) in [7, 11) is 1.90. The summed E-state index contributed by atoms with van der Waals surface area (Å²) in [6.07, 6.45) is 0. The van der Waals surface area contributed by atoms with E-state index >= 15 is 0 Å². The van der Waals surface area contributed by atoms with Gasteiger partial charge in [0, 0.05) is 24.1 Å². The molecule has 1 aromatic carbocycles. The lowest BCUT2D eigenvalue weighted by Crippen LogP contribution is -2.14. The van der Waals surface area contributed by atoms with Gasteiger partial charge in [0.25, 0.3) is 0 Å². The fourth-order valence-electron chi connectivity index (χ4n) is 2.45. The van der Waals surface area contributed by atoms with Crippen LogP contribution in [0.2, 0.25) is 0 Å². The third-order valence-electron chi connectivity index (χ3n) is 3.88. The minimum atomic E-state index is -0.0728. The van der Waals surface area contributed by atoms with Gasteiger partial charge in [-0.25, -0.2) is 9.97 Å². The molecule has 7 nitrogen and oxygen atoms in total. The molecule has 9 heteroatoms. The smallest absolute Gasteiger partial charge is 0.234 e. The Hall–Kier alpha value is -2.39. The number of carbonyl (C=O) groups excluding carboxylic acids is 1. The van der Waals surface area contributed by atoms with Crippen molar-refractivity contribution in [3.05, 3.63) is 53.1 Å². The second-order valence-corrected chi connectivity index (χ2v) is 8.27. The fraction of sp³-hybridized carbons (Fsp3) is 0.316. The van der Waals surface area contributed by atoms with Crippen molar-refractivity contribution < 1.29 is 4.79 Å². The molecule has 146 valence electrons. The summed E-state index contributed by atoms with van der Waals surface area (Å²) < 4.78 is 1.90. The first-order valence-electron chi connectivity index (χ1n) is 8.73. The summed E-state index contributed by atoms with van der Waals surface area (Å²) in [5.41, 5.74) is 3.84. The molecule has 28 heavy (non-hydrogen) atoms. The highest BCUT2D eigenvalue weighted by Gasteiger charge is 2.13. The van der Waals surface area contributed by atoms with E-state index in [1.807, 2.05) is 62.7 Å². The highest BCUT2D eigenvalue weighted by Crippen LogP contribution is 2.22. The van der Waals surface area contributed by atoms with E-state index < -0.39 is 0 Å². The Morgan fingerprint density at radius 1 is 1.04 bits per heavy atom. The highest BCUT2D eigenvalue weighted by molar-refractivity contribution is 7.99. The number of benzene rings is 1. The van der Waals surface area contributed by atoms with Crippen molar-refractivity contribution in [2.45, 2.75) is 36.8 Å². The molecule has 0 aliphatic carbocycles. The molecule has 0 saturated heterocycles. The summed E-state index contributed by atoms with van der Waals surface area (Å²) in [6.45, 7) is 5.92. The number of amides is 1. The zero-order valence-electron chi connectivity index (χ0n) is 16.3. The van der Waals surface area contributed by atoms with Crippen LogP contribution in [0.5, 0.6) is 0 Å². The van der Waals surface area contributed by atoms with Gasteiger partial charge in [-0.05, 0) is 39.0 Å². The second kappa shape index (κ2) is 9.20. The van der Waals surface area contributed by atoms with Crippen molar-refractivity contribution in [2.75, 3.05) is 11.1 Å². The monoisotopic (exact) mass is 414 g/mol. The molecule has 0 spiro atoms. The Morgan fingerprint density at radius 2 is 1.71 bits per heavy atom. The van der Waals surface area contributed by atoms with Gasteiger partial charge in [0.05, 0.1) is 11.5 Å². The third kappa shape index (κ3) is 5.56. The first-order valence-corrected chi connectivity index (χ1v) is 10.7. The van der Waals surface area contributed by atoms with Crippen molar-refractivity contribution >= 4 is 35.1 Å². The summed E-state index contributed by atoms with van der Waals surface area (Å²) in [5, 5.41) is 12.7. The molecule has 1 N–H and O–H groups in total. The Labute approximate surface area is 172 Å². The largest absolute Gasteiger partial charge is 0.325 e. The predicted octanol–water partition coefficient (Wildman–Crippen LogP) is 3.55. The quantitative estimate of drug-likeness (QED) is 0.467. The van der Waals surface area contributed by atoms with Crippen LogP contribution < -0.4 is 5.32 Å². The minimum Gasteiger partial charge on any atom is -0.325 e. The average Bonchev–Trinajstić information content (AvgIpc) is 2.99. The lowest BCUT2D eigenvalue weighted by Gasteiger charge is -2.06. The van der Waals surface area contributed by atoms with Crippen molar-refractivity contribution in [1.82, 2.24) is 24.7 Å². The predicted molar refractivity (Wildman–Crippen MR) is 113 cm³/mol. The van der Waals surface area contributed by atoms with Gasteiger partial charge in [-0.3, -0.25) is 4.79 Å². The maximum atomic E-state index is 12.2. The van der Waals surface area contributed by atoms with E-state index in [1.54, 1.807) is 0 Å². The van der Waals surface area contributed by atoms with Crippen LogP contribution >= 0.6 is 23.5 Å². The highest BCUT2D eigenvalue weighted by atomic mass is 32.2. The molecular weight excluding hydrogens is 392 g/mol. The van der Waals surface area contributed by atoms with Gasteiger partial charge in [-0.15, -0.1) is 10.2 Å². The van der Waals surface area contributed by atoms with E-state index in [4.69, 9.17) is 0 Å². The molecule has 2 aromatic heterocycles. The average molecular weight is 415 g/mol. The van der Waals surface area contributed by atoms with Crippen molar-refractivity contribution in [1.29, 1.82) is 0 Å². The van der Waals surface area contributed by atoms with E-state index in [-0.39, 0.29) is 11.7 Å². The molecule has 0 bridgehead atoms. The van der Waals surface area contributed by atoms with E-state index in [1.165, 1.54) is 23.5 Å². The van der Waals surface area contributed by atoms with Gasteiger partial charge < -0.3 is 9.88 Å². The van der Waals surface area contributed by atoms with Crippen molar-refractivity contribution in [2.24, 2.45) is 7.05 Å². The summed E-state index contributed by atoms with van der Waals surface area (Å²) in [4.78, 5) is 21.0. The second-order valence-electron chi connectivity index (χ2n) is 6.38. The number of anilines is 1. The van der Waals surface area contributed by atoms with Crippen molar-refractivity contribution in [3.8, 4) is 0 Å². The van der Waals surface area contributed by atoms with Gasteiger partial charge in [0.15, 0.2) is 10.3 Å². The zero-order chi connectivity index (χ0) is 20.1. The van der Waals surface area contributed by atoms with Gasteiger partial charge >= 0.3 is 0 Å². The standard InChI is InChI=1S/C19H22N6OS2/c1-12-5-7-15(8-6-12)22-17(26)11-28-19-24-23-16(25(19)4)10-27-18-20-13(2)9-14(3)21-18/h5-9H,10-11H2,1-4H3,(H,22,26). The van der Waals surface area contributed by atoms with Crippen LogP contribution in [0.25, 0.3) is 0 Å². The van der Waals surface area contributed by atoms with Crippen LogP contribution in [0.1, 0.15) is 22.8 Å². The topological polar surface area (TPSA) is 85.6 Å². The number of nitrogens with one attached hydrogen (secondary N) is 1. The molecule has 0 aliphatic heterocycles. The number of aryl methyl sites for hydroxylation is 3. The molecule has 0 aliphatic rings. The van der Waals surface area contributed by atoms with Gasteiger partial charge in [-0.1, -0.05) is 41.2 Å². The number of nitrogens with zero attached hydrogens (tertiary/aromatic N) is 5. The van der Waals surface area contributed by atoms with Crippen LogP contribution in [0, 0.1) is 20.8 Å². The molecule has 2 heterocycles. The molecule has 3 rings (SSSR count). The third-order valence-corrected chi connectivity index (χ3v) is 5.75. The zero-order valence-corrected chi connectivity index (χ0v) is 17.9. The van der Waals surface area contributed by atoms with E-state index in [2.05, 4.69) is 25.5 Å². The number of carbonyl (C=O) groups is 1. The number of aromatic nitrogens is 5. The van der Waals surface area contributed by atoms with Gasteiger partial charge in [-0.2, -0.15) is 0 Å². The first-order chi connectivity index (χ1) is 13.4. The Morgan fingerprint density at radius 3 is 2.39 bits per heavy atom. The number of hydrogen-bond acceptors (Lipinski definition) is 7. The SMILES string of the molecule is Cc1ccc(NC(=O)CSc2nnc(CSc3nc(C)cc(C)n3)n2C)cc1. The minimum absolute atomic E-state index is 0.0728. The first kappa shape index (κ1) is 20.3. The van der Waals surface area contributed by atoms with E-state index in [9.17, 15) is 4.79 Å². The molecular formula is C19H22N6OS2. The summed E-state index contributed by atoms with van der Waals surface area (Å²) in [5.74, 6) is 1.63. The maximum absolute atomic E-state index is 12.2. The molecule has 0 atom stereocenters. The Kier molecular flexibility index (Phi) is 6.69. The lowest BCUT2D eigenvalue weighted by atomic mass is 10.2. The maximum Gasteiger partial charge on any atom is 0.234 e. The Bertz CT molecular complexity index is 951. The fourth-order valence-corrected chi connectivity index (χ4v) is 4.10. The number of hydrogen-bond donors (Lipinski definition) is 1. The van der Waals surface area contributed by atoms with Crippen LogP contribution in [0.3, 0.4) is 0 Å². The molecule has 0 unspecified atom stereocenters. The van der Waals surface area contributed by atoms with Gasteiger partial charge in [0.2, 0.25) is 5.91 Å². The van der Waals surface area contributed by atoms with Crippen LogP contribution in [0.15, 0.2) is 40.6 Å². The van der Waals surface area contributed by atoms with E-state index in [0.717, 1.165) is 33.6 Å². The lowest BCUT2D eigenvalue weighted by molar-refractivity contribution is -0.113. The Balaban J connectivity index is 1.53. The summed E-state index contributed by atoms with van der Waals surface area (Å²) in [6, 6.07) is 9.67. The van der Waals surface area contributed by atoms with Gasteiger partial charge in [0.1, 0.15) is 5.82 Å². The number of thioether (sulfide) groups is 2. The van der Waals surface area contributed by atoms with E-state index in [0.29, 0.717) is 10.9 Å². The van der Waals surface area contributed by atoms with Crippen molar-refractivity contribution in [3.63, 3.8) is 0 Å². The van der Waals surface area contributed by atoms with Crippen LogP contribution in [-0.4, -0.2) is 36.4 Å². The van der Waals surface area contributed by atoms with Crippen LogP contribution in [-0.2, 0) is 17.6 Å². The summed E-state index contributed by atoms with van der Waals surface area (Å²) >= 11 is 2.88.